The molecule has 2 aromatic rings. The molecular weight excluding hydrogens is 230 g/mol. The fourth-order valence-electron chi connectivity index (χ4n) is 1.59. The van der Waals surface area contributed by atoms with Crippen LogP contribution in [0.3, 0.4) is 0 Å². The first-order valence-corrected chi connectivity index (χ1v) is 5.99. The van der Waals surface area contributed by atoms with Crippen LogP contribution < -0.4 is 10.5 Å². The molecule has 0 aliphatic heterocycles. The van der Waals surface area contributed by atoms with Crippen LogP contribution in [-0.4, -0.2) is 10.2 Å². The molecule has 0 fully saturated rings. The van der Waals surface area contributed by atoms with Crippen LogP contribution in [0.1, 0.15) is 37.2 Å². The van der Waals surface area contributed by atoms with E-state index >= 15 is 0 Å². The van der Waals surface area contributed by atoms with Gasteiger partial charge in [-0.1, -0.05) is 25.1 Å². The van der Waals surface area contributed by atoms with Gasteiger partial charge in [0.15, 0.2) is 6.61 Å². The summed E-state index contributed by atoms with van der Waals surface area (Å²) in [6, 6.07) is 7.65. The predicted molar refractivity (Wildman–Crippen MR) is 67.1 cm³/mol. The summed E-state index contributed by atoms with van der Waals surface area (Å²) in [5, 5.41) is 7.74. The van der Waals surface area contributed by atoms with Gasteiger partial charge in [-0.3, -0.25) is 0 Å². The molecule has 0 saturated heterocycles. The maximum absolute atomic E-state index is 5.67. The highest BCUT2D eigenvalue weighted by Gasteiger charge is 2.10. The van der Waals surface area contributed by atoms with Gasteiger partial charge in [0.1, 0.15) is 5.75 Å². The van der Waals surface area contributed by atoms with E-state index in [-0.39, 0.29) is 12.6 Å². The second-order valence-corrected chi connectivity index (χ2v) is 4.07. The summed E-state index contributed by atoms with van der Waals surface area (Å²) in [4.78, 5) is 0. The molecule has 1 heterocycles. The molecule has 1 aromatic heterocycles. The standard InChI is InChI=1S/C13H17N3O2/c1-3-10-6-4-5-7-11(10)17-8-12-15-16-13(18-12)9(2)14/h4-7,9H,3,8,14H2,1-2H3. The molecule has 0 saturated carbocycles. The van der Waals surface area contributed by atoms with Gasteiger partial charge in [0, 0.05) is 0 Å². The Morgan fingerprint density at radius 1 is 1.33 bits per heavy atom. The first kappa shape index (κ1) is 12.6. The Hall–Kier alpha value is -1.88. The Morgan fingerprint density at radius 3 is 2.78 bits per heavy atom. The summed E-state index contributed by atoms with van der Waals surface area (Å²) in [6.45, 7) is 4.14. The van der Waals surface area contributed by atoms with Crippen LogP contribution in [-0.2, 0) is 13.0 Å². The van der Waals surface area contributed by atoms with Crippen LogP contribution in [0.25, 0.3) is 0 Å². The van der Waals surface area contributed by atoms with Crippen molar-refractivity contribution in [3.8, 4) is 5.75 Å². The monoisotopic (exact) mass is 247 g/mol. The number of rotatable bonds is 5. The Labute approximate surface area is 106 Å². The summed E-state index contributed by atoms with van der Waals surface area (Å²) in [7, 11) is 0. The average Bonchev–Trinajstić information content (AvgIpc) is 2.85. The molecule has 0 bridgehead atoms. The molecule has 0 spiro atoms. The van der Waals surface area contributed by atoms with Crippen LogP contribution in [0.15, 0.2) is 28.7 Å². The molecule has 5 heteroatoms. The van der Waals surface area contributed by atoms with Crippen molar-refractivity contribution in [2.24, 2.45) is 5.73 Å². The summed E-state index contributed by atoms with van der Waals surface area (Å²) in [5.74, 6) is 1.71. The molecule has 18 heavy (non-hydrogen) atoms. The largest absolute Gasteiger partial charge is 0.484 e. The molecule has 1 aromatic carbocycles. The minimum Gasteiger partial charge on any atom is -0.484 e. The summed E-state index contributed by atoms with van der Waals surface area (Å²) in [6.07, 6.45) is 0.922. The van der Waals surface area contributed by atoms with Crippen LogP contribution in [0.2, 0.25) is 0 Å². The zero-order valence-corrected chi connectivity index (χ0v) is 10.6. The van der Waals surface area contributed by atoms with E-state index in [1.54, 1.807) is 6.92 Å². The second-order valence-electron chi connectivity index (χ2n) is 4.07. The van der Waals surface area contributed by atoms with Gasteiger partial charge in [-0.15, -0.1) is 10.2 Å². The minimum absolute atomic E-state index is 0.255. The number of hydrogen-bond acceptors (Lipinski definition) is 5. The maximum atomic E-state index is 5.67. The number of aryl methyl sites for hydroxylation is 1. The molecule has 0 radical (unpaired) electrons. The van der Waals surface area contributed by atoms with Gasteiger partial charge in [-0.05, 0) is 25.0 Å². The molecule has 2 N–H and O–H groups in total. The fourth-order valence-corrected chi connectivity index (χ4v) is 1.59. The summed E-state index contributed by atoms with van der Waals surface area (Å²) in [5.41, 5.74) is 6.80. The van der Waals surface area contributed by atoms with Crippen LogP contribution in [0, 0.1) is 0 Å². The van der Waals surface area contributed by atoms with Crippen molar-refractivity contribution in [3.05, 3.63) is 41.6 Å². The predicted octanol–water partition coefficient (Wildman–Crippen LogP) is 2.23. The van der Waals surface area contributed by atoms with E-state index in [4.69, 9.17) is 14.9 Å². The van der Waals surface area contributed by atoms with Crippen molar-refractivity contribution in [3.63, 3.8) is 0 Å². The van der Waals surface area contributed by atoms with Crippen molar-refractivity contribution in [1.29, 1.82) is 0 Å². The lowest BCUT2D eigenvalue weighted by atomic mass is 10.1. The van der Waals surface area contributed by atoms with Gasteiger partial charge >= 0.3 is 0 Å². The smallest absolute Gasteiger partial charge is 0.253 e. The third-order valence-corrected chi connectivity index (χ3v) is 2.58. The van der Waals surface area contributed by atoms with Gasteiger partial charge in [0.05, 0.1) is 6.04 Å². The summed E-state index contributed by atoms with van der Waals surface area (Å²) < 4.78 is 11.0. The first-order chi connectivity index (χ1) is 8.70. The van der Waals surface area contributed by atoms with Gasteiger partial charge in [0.25, 0.3) is 5.89 Å². The number of benzene rings is 1. The highest BCUT2D eigenvalue weighted by atomic mass is 16.5. The molecule has 0 aliphatic carbocycles. The molecule has 1 unspecified atom stereocenters. The fraction of sp³-hybridized carbons (Fsp3) is 0.385. The molecule has 5 nitrogen and oxygen atoms in total. The summed E-state index contributed by atoms with van der Waals surface area (Å²) >= 11 is 0. The Balaban J connectivity index is 2.02. The average molecular weight is 247 g/mol. The van der Waals surface area contributed by atoms with Gasteiger partial charge < -0.3 is 14.9 Å². The van der Waals surface area contributed by atoms with Crippen LogP contribution in [0.4, 0.5) is 0 Å². The van der Waals surface area contributed by atoms with E-state index in [9.17, 15) is 0 Å². The van der Waals surface area contributed by atoms with E-state index < -0.39 is 0 Å². The lowest BCUT2D eigenvalue weighted by Crippen LogP contribution is -2.04. The van der Waals surface area contributed by atoms with E-state index in [0.717, 1.165) is 17.7 Å². The molecule has 96 valence electrons. The van der Waals surface area contributed by atoms with Gasteiger partial charge in [0.2, 0.25) is 5.89 Å². The Kier molecular flexibility index (Phi) is 3.94. The molecular formula is C13H17N3O2. The van der Waals surface area contributed by atoms with E-state index in [2.05, 4.69) is 17.1 Å². The first-order valence-electron chi connectivity index (χ1n) is 5.99. The van der Waals surface area contributed by atoms with Crippen LogP contribution >= 0.6 is 0 Å². The number of ether oxygens (including phenoxy) is 1. The molecule has 0 aliphatic rings. The maximum Gasteiger partial charge on any atom is 0.253 e. The van der Waals surface area contributed by atoms with Crippen molar-refractivity contribution in [2.75, 3.05) is 0 Å². The second kappa shape index (κ2) is 5.64. The van der Waals surface area contributed by atoms with Crippen molar-refractivity contribution < 1.29 is 9.15 Å². The Morgan fingerprint density at radius 2 is 2.11 bits per heavy atom. The van der Waals surface area contributed by atoms with Crippen molar-refractivity contribution in [1.82, 2.24) is 10.2 Å². The lowest BCUT2D eigenvalue weighted by molar-refractivity contribution is 0.255. The minimum atomic E-state index is -0.255. The zero-order valence-electron chi connectivity index (χ0n) is 10.6. The highest BCUT2D eigenvalue weighted by molar-refractivity contribution is 5.33. The Bertz CT molecular complexity index is 508. The normalized spacial score (nSPS) is 12.4. The number of aromatic nitrogens is 2. The molecule has 2 rings (SSSR count). The number of hydrogen-bond donors (Lipinski definition) is 1. The SMILES string of the molecule is CCc1ccccc1OCc1nnc(C(C)N)o1. The quantitative estimate of drug-likeness (QED) is 0.877. The van der Waals surface area contributed by atoms with Gasteiger partial charge in [-0.2, -0.15) is 0 Å². The number of para-hydroxylation sites is 1. The topological polar surface area (TPSA) is 74.2 Å². The highest BCUT2D eigenvalue weighted by Crippen LogP contribution is 2.19. The van der Waals surface area contributed by atoms with E-state index in [0.29, 0.717) is 11.8 Å². The third-order valence-electron chi connectivity index (χ3n) is 2.58. The number of nitrogens with two attached hydrogens (primary N) is 1. The zero-order chi connectivity index (χ0) is 13.0. The van der Waals surface area contributed by atoms with Crippen molar-refractivity contribution in [2.45, 2.75) is 32.9 Å². The van der Waals surface area contributed by atoms with Crippen molar-refractivity contribution >= 4 is 0 Å². The van der Waals surface area contributed by atoms with Crippen LogP contribution in [0.5, 0.6) is 5.75 Å². The van der Waals surface area contributed by atoms with E-state index in [1.165, 1.54) is 0 Å². The van der Waals surface area contributed by atoms with E-state index in [1.807, 2.05) is 24.3 Å². The van der Waals surface area contributed by atoms with Gasteiger partial charge in [-0.25, -0.2) is 0 Å². The number of nitrogens with zero attached hydrogens (tertiary/aromatic N) is 2. The third kappa shape index (κ3) is 2.87. The molecule has 1 atom stereocenters. The molecule has 0 amide bonds. The lowest BCUT2D eigenvalue weighted by Gasteiger charge is -2.07.